The Bertz CT molecular complexity index is 501. The Labute approximate surface area is 139 Å². The molecular weight excluding hydrogens is 288 g/mol. The minimum absolute atomic E-state index is 0.0629. The number of fused-ring (bicyclic) bond motifs is 1. The van der Waals surface area contributed by atoms with Crippen LogP contribution in [0.4, 0.5) is 0 Å². The van der Waals surface area contributed by atoms with E-state index in [0.717, 1.165) is 37.2 Å². The van der Waals surface area contributed by atoms with Crippen molar-refractivity contribution in [2.24, 2.45) is 11.8 Å². The van der Waals surface area contributed by atoms with Crippen LogP contribution in [0.25, 0.3) is 0 Å². The zero-order valence-electron chi connectivity index (χ0n) is 14.1. The van der Waals surface area contributed by atoms with Crippen molar-refractivity contribution in [2.75, 3.05) is 33.3 Å². The van der Waals surface area contributed by atoms with Gasteiger partial charge in [-0.1, -0.05) is 12.8 Å². The molecule has 1 aromatic rings. The second-order valence-electron chi connectivity index (χ2n) is 6.87. The average molecular weight is 316 g/mol. The first-order valence-corrected chi connectivity index (χ1v) is 8.93. The van der Waals surface area contributed by atoms with E-state index in [0.29, 0.717) is 5.56 Å². The van der Waals surface area contributed by atoms with E-state index in [4.69, 9.17) is 4.74 Å². The van der Waals surface area contributed by atoms with Gasteiger partial charge >= 0.3 is 0 Å². The number of rotatable bonds is 6. The van der Waals surface area contributed by atoms with Crippen molar-refractivity contribution in [3.63, 3.8) is 0 Å². The summed E-state index contributed by atoms with van der Waals surface area (Å²) in [5.41, 5.74) is 0.666. The first-order chi connectivity index (χ1) is 11.3. The summed E-state index contributed by atoms with van der Waals surface area (Å²) in [6.07, 6.45) is 6.82. The Kier molecular flexibility index (Phi) is 5.55. The molecule has 126 valence electrons. The number of amides is 1. The molecule has 0 aromatic heterocycles. The number of nitrogens with zero attached hydrogens (tertiary/aromatic N) is 1. The van der Waals surface area contributed by atoms with Crippen LogP contribution in [0, 0.1) is 11.8 Å². The molecule has 1 heterocycles. The quantitative estimate of drug-likeness (QED) is 0.821. The maximum atomic E-state index is 11.5. The van der Waals surface area contributed by atoms with Crippen LogP contribution in [0.1, 0.15) is 42.5 Å². The minimum Gasteiger partial charge on any atom is -0.494 e. The first kappa shape index (κ1) is 16.3. The molecule has 1 aliphatic carbocycles. The highest BCUT2D eigenvalue weighted by Crippen LogP contribution is 2.35. The zero-order chi connectivity index (χ0) is 16.1. The Hall–Kier alpha value is -1.55. The van der Waals surface area contributed by atoms with Crippen LogP contribution in [0.15, 0.2) is 24.3 Å². The largest absolute Gasteiger partial charge is 0.494 e. The second kappa shape index (κ2) is 7.82. The molecule has 4 heteroatoms. The van der Waals surface area contributed by atoms with Gasteiger partial charge in [0.05, 0.1) is 6.61 Å². The summed E-state index contributed by atoms with van der Waals surface area (Å²) in [7, 11) is 1.64. The van der Waals surface area contributed by atoms with Crippen LogP contribution < -0.4 is 10.1 Å². The molecule has 2 fully saturated rings. The fourth-order valence-corrected chi connectivity index (χ4v) is 4.01. The number of carbonyl (C=O) groups is 1. The molecule has 1 aliphatic heterocycles. The third-order valence-corrected chi connectivity index (χ3v) is 5.28. The van der Waals surface area contributed by atoms with Gasteiger partial charge in [-0.2, -0.15) is 0 Å². The van der Waals surface area contributed by atoms with E-state index >= 15 is 0 Å². The lowest BCUT2D eigenvalue weighted by Gasteiger charge is -2.23. The molecule has 1 saturated heterocycles. The molecular formula is C19H28N2O2. The van der Waals surface area contributed by atoms with Gasteiger partial charge in [-0.05, 0) is 55.4 Å². The monoisotopic (exact) mass is 316 g/mol. The van der Waals surface area contributed by atoms with Gasteiger partial charge < -0.3 is 15.0 Å². The summed E-state index contributed by atoms with van der Waals surface area (Å²) < 4.78 is 5.79. The van der Waals surface area contributed by atoms with E-state index in [1.165, 1.54) is 38.8 Å². The van der Waals surface area contributed by atoms with Crippen LogP contribution in [0.5, 0.6) is 5.75 Å². The number of nitrogens with one attached hydrogen (secondary N) is 1. The van der Waals surface area contributed by atoms with Crippen LogP contribution in [-0.2, 0) is 0 Å². The lowest BCUT2D eigenvalue weighted by molar-refractivity contribution is 0.0963. The molecule has 0 bridgehead atoms. The highest BCUT2D eigenvalue weighted by atomic mass is 16.5. The molecule has 1 aromatic carbocycles. The molecule has 0 spiro atoms. The molecule has 3 rings (SSSR count). The van der Waals surface area contributed by atoms with E-state index in [2.05, 4.69) is 10.2 Å². The molecule has 2 unspecified atom stereocenters. The second-order valence-corrected chi connectivity index (χ2v) is 6.87. The molecule has 2 aliphatic rings. The third kappa shape index (κ3) is 4.25. The summed E-state index contributed by atoms with van der Waals surface area (Å²) in [5.74, 6) is 2.70. The van der Waals surface area contributed by atoms with E-state index in [9.17, 15) is 4.79 Å². The van der Waals surface area contributed by atoms with Crippen molar-refractivity contribution in [3.05, 3.63) is 29.8 Å². The summed E-state index contributed by atoms with van der Waals surface area (Å²) >= 11 is 0. The summed E-state index contributed by atoms with van der Waals surface area (Å²) in [5, 5.41) is 2.62. The summed E-state index contributed by atoms with van der Waals surface area (Å²) in [6, 6.07) is 7.35. The summed E-state index contributed by atoms with van der Waals surface area (Å²) in [6.45, 7) is 4.48. The summed E-state index contributed by atoms with van der Waals surface area (Å²) in [4.78, 5) is 14.1. The molecule has 0 radical (unpaired) electrons. The number of hydrogen-bond acceptors (Lipinski definition) is 3. The van der Waals surface area contributed by atoms with Crippen molar-refractivity contribution < 1.29 is 9.53 Å². The maximum Gasteiger partial charge on any atom is 0.251 e. The number of ether oxygens (including phenoxy) is 1. The highest BCUT2D eigenvalue weighted by Gasteiger charge is 2.33. The average Bonchev–Trinajstić information content (AvgIpc) is 3.01. The molecule has 23 heavy (non-hydrogen) atoms. The van der Waals surface area contributed by atoms with Crippen molar-refractivity contribution in [3.8, 4) is 5.75 Å². The van der Waals surface area contributed by atoms with Gasteiger partial charge in [-0.3, -0.25) is 4.79 Å². The van der Waals surface area contributed by atoms with Crippen LogP contribution in [0.2, 0.25) is 0 Å². The first-order valence-electron chi connectivity index (χ1n) is 8.93. The van der Waals surface area contributed by atoms with Crippen molar-refractivity contribution in [1.29, 1.82) is 0 Å². The fourth-order valence-electron chi connectivity index (χ4n) is 4.01. The molecule has 2 atom stereocenters. The third-order valence-electron chi connectivity index (χ3n) is 5.28. The van der Waals surface area contributed by atoms with Crippen LogP contribution in [0.3, 0.4) is 0 Å². The predicted octanol–water partition coefficient (Wildman–Crippen LogP) is 2.94. The van der Waals surface area contributed by atoms with Crippen LogP contribution in [-0.4, -0.2) is 44.1 Å². The van der Waals surface area contributed by atoms with Crippen LogP contribution >= 0.6 is 0 Å². The van der Waals surface area contributed by atoms with Gasteiger partial charge in [0.2, 0.25) is 0 Å². The minimum atomic E-state index is -0.0629. The van der Waals surface area contributed by atoms with Crippen molar-refractivity contribution >= 4 is 5.91 Å². The number of benzene rings is 1. The van der Waals surface area contributed by atoms with E-state index in [1.54, 1.807) is 19.2 Å². The van der Waals surface area contributed by atoms with Gasteiger partial charge in [0.1, 0.15) is 5.75 Å². The van der Waals surface area contributed by atoms with Gasteiger partial charge in [-0.15, -0.1) is 0 Å². The smallest absolute Gasteiger partial charge is 0.251 e. The molecule has 1 amide bonds. The van der Waals surface area contributed by atoms with E-state index in [-0.39, 0.29) is 5.91 Å². The number of likely N-dealkylation sites (tertiary alicyclic amines) is 1. The molecule has 4 nitrogen and oxygen atoms in total. The Balaban J connectivity index is 1.36. The predicted molar refractivity (Wildman–Crippen MR) is 91.8 cm³/mol. The molecule has 1 saturated carbocycles. The van der Waals surface area contributed by atoms with Gasteiger partial charge in [0.15, 0.2) is 0 Å². The zero-order valence-corrected chi connectivity index (χ0v) is 14.1. The topological polar surface area (TPSA) is 41.6 Å². The lowest BCUT2D eigenvalue weighted by Crippen LogP contribution is -2.23. The molecule has 1 N–H and O–H groups in total. The van der Waals surface area contributed by atoms with Gasteiger partial charge in [0, 0.05) is 32.2 Å². The Morgan fingerprint density at radius 3 is 2.43 bits per heavy atom. The SMILES string of the molecule is CNC(=O)c1ccc(OCCCN2CC3CCCCC3C2)cc1. The normalized spacial score (nSPS) is 24.2. The Morgan fingerprint density at radius 1 is 1.17 bits per heavy atom. The van der Waals surface area contributed by atoms with Gasteiger partial charge in [-0.25, -0.2) is 0 Å². The van der Waals surface area contributed by atoms with E-state index in [1.807, 2.05) is 12.1 Å². The number of carbonyl (C=O) groups excluding carboxylic acids is 1. The Morgan fingerprint density at radius 2 is 1.83 bits per heavy atom. The maximum absolute atomic E-state index is 11.5. The van der Waals surface area contributed by atoms with Crippen molar-refractivity contribution in [2.45, 2.75) is 32.1 Å². The van der Waals surface area contributed by atoms with E-state index < -0.39 is 0 Å². The van der Waals surface area contributed by atoms with Gasteiger partial charge in [0.25, 0.3) is 5.91 Å². The standard InChI is InChI=1S/C19H28N2O2/c1-20-19(22)15-7-9-18(10-8-15)23-12-4-11-21-13-16-5-2-3-6-17(16)14-21/h7-10,16-17H,2-6,11-14H2,1H3,(H,20,22). The van der Waals surface area contributed by atoms with Crippen molar-refractivity contribution in [1.82, 2.24) is 10.2 Å². The lowest BCUT2D eigenvalue weighted by atomic mass is 9.82. The highest BCUT2D eigenvalue weighted by molar-refractivity contribution is 5.94. The number of hydrogen-bond donors (Lipinski definition) is 1. The fraction of sp³-hybridized carbons (Fsp3) is 0.632.